The first-order valence-electron chi connectivity index (χ1n) is 6.12. The number of likely N-dealkylation sites (tertiary alicyclic amines) is 1. The molecular formula is C11H19N3O3S. The summed E-state index contributed by atoms with van der Waals surface area (Å²) in [5.74, 6) is 0.204. The van der Waals surface area contributed by atoms with Crippen molar-refractivity contribution in [3.63, 3.8) is 0 Å². The predicted octanol–water partition coefficient (Wildman–Crippen LogP) is 0.434. The van der Waals surface area contributed by atoms with Gasteiger partial charge in [0.15, 0.2) is 0 Å². The van der Waals surface area contributed by atoms with Gasteiger partial charge in [0.2, 0.25) is 10.0 Å². The molecule has 6 nitrogen and oxygen atoms in total. The van der Waals surface area contributed by atoms with E-state index >= 15 is 0 Å². The van der Waals surface area contributed by atoms with Crippen molar-refractivity contribution in [2.24, 2.45) is 5.92 Å². The minimum absolute atomic E-state index is 0.0122. The van der Waals surface area contributed by atoms with Crippen LogP contribution in [-0.2, 0) is 15.8 Å². The summed E-state index contributed by atoms with van der Waals surface area (Å²) in [6.07, 6.45) is 1.38. The number of aromatic nitrogens is 1. The lowest BCUT2D eigenvalue weighted by molar-refractivity contribution is 0.344. The zero-order chi connectivity index (χ0) is 13.2. The van der Waals surface area contributed by atoms with Gasteiger partial charge in [0.25, 0.3) is 0 Å². The van der Waals surface area contributed by atoms with Crippen molar-refractivity contribution < 1.29 is 12.9 Å². The minimum atomic E-state index is -3.35. The van der Waals surface area contributed by atoms with E-state index in [0.29, 0.717) is 11.6 Å². The Bertz CT molecular complexity index is 472. The number of hydrogen-bond acceptors (Lipinski definition) is 5. The maximum absolute atomic E-state index is 12.0. The molecule has 0 spiro atoms. The Kier molecular flexibility index (Phi) is 4.04. The average Bonchev–Trinajstić information content (AvgIpc) is 2.88. The highest BCUT2D eigenvalue weighted by atomic mass is 32.2. The van der Waals surface area contributed by atoms with E-state index in [2.05, 4.69) is 33.1 Å². The van der Waals surface area contributed by atoms with E-state index < -0.39 is 10.0 Å². The van der Waals surface area contributed by atoms with Gasteiger partial charge in [-0.15, -0.1) is 0 Å². The van der Waals surface area contributed by atoms with Gasteiger partial charge in [-0.05, 0) is 12.5 Å². The van der Waals surface area contributed by atoms with E-state index in [9.17, 15) is 8.42 Å². The van der Waals surface area contributed by atoms with Crippen LogP contribution in [0.2, 0.25) is 0 Å². The Labute approximate surface area is 107 Å². The summed E-state index contributed by atoms with van der Waals surface area (Å²) >= 11 is 0. The van der Waals surface area contributed by atoms with E-state index in [1.165, 1.54) is 6.26 Å². The number of likely N-dealkylation sites (N-methyl/N-ethyl adjacent to an activating group) is 1. The van der Waals surface area contributed by atoms with Crippen LogP contribution in [0.15, 0.2) is 16.9 Å². The molecule has 0 radical (unpaired) electrons. The number of hydrogen-bond donors (Lipinski definition) is 1. The van der Waals surface area contributed by atoms with Crippen molar-refractivity contribution in [2.75, 3.05) is 19.6 Å². The van der Waals surface area contributed by atoms with Crippen molar-refractivity contribution in [3.05, 3.63) is 18.0 Å². The standard InChI is InChI=1S/C11H19N3O3S/c1-3-14-6-9(2)11(7-14)13-18(15,16)8-10-4-5-17-12-10/h4-5,9,11,13H,3,6-8H2,1-2H3/t9-,11+/m1/s1. The Hall–Kier alpha value is -0.920. The summed E-state index contributed by atoms with van der Waals surface area (Å²) in [5, 5.41) is 3.62. The molecule has 1 aromatic heterocycles. The van der Waals surface area contributed by atoms with E-state index in [-0.39, 0.29) is 11.8 Å². The van der Waals surface area contributed by atoms with Gasteiger partial charge in [-0.3, -0.25) is 0 Å². The zero-order valence-electron chi connectivity index (χ0n) is 10.7. The van der Waals surface area contributed by atoms with E-state index in [1.807, 2.05) is 0 Å². The van der Waals surface area contributed by atoms with Crippen LogP contribution < -0.4 is 4.72 Å². The fourth-order valence-electron chi connectivity index (χ4n) is 2.26. The molecule has 0 saturated carbocycles. The molecule has 0 amide bonds. The Morgan fingerprint density at radius 1 is 1.56 bits per heavy atom. The third-order valence-corrected chi connectivity index (χ3v) is 4.63. The summed E-state index contributed by atoms with van der Waals surface area (Å²) in [5.41, 5.74) is 0.431. The second-order valence-corrected chi connectivity index (χ2v) is 6.56. The summed E-state index contributed by atoms with van der Waals surface area (Å²) in [6.45, 7) is 6.81. The molecule has 1 saturated heterocycles. The third-order valence-electron chi connectivity index (χ3n) is 3.30. The maximum atomic E-state index is 12.0. The highest BCUT2D eigenvalue weighted by Crippen LogP contribution is 2.17. The fraction of sp³-hybridized carbons (Fsp3) is 0.727. The molecule has 0 bridgehead atoms. The highest BCUT2D eigenvalue weighted by molar-refractivity contribution is 7.88. The molecule has 0 unspecified atom stereocenters. The highest BCUT2D eigenvalue weighted by Gasteiger charge is 2.31. The van der Waals surface area contributed by atoms with Crippen LogP contribution in [0.3, 0.4) is 0 Å². The van der Waals surface area contributed by atoms with Gasteiger partial charge in [-0.25, -0.2) is 13.1 Å². The lowest BCUT2D eigenvalue weighted by atomic mass is 10.1. The number of nitrogens with zero attached hydrogens (tertiary/aromatic N) is 2. The molecule has 2 heterocycles. The van der Waals surface area contributed by atoms with Gasteiger partial charge in [-0.2, -0.15) is 0 Å². The van der Waals surface area contributed by atoms with Gasteiger partial charge in [0, 0.05) is 25.2 Å². The number of rotatable bonds is 5. The van der Waals surface area contributed by atoms with E-state index in [4.69, 9.17) is 0 Å². The molecule has 0 aromatic carbocycles. The first-order valence-corrected chi connectivity index (χ1v) is 7.77. The normalized spacial score (nSPS) is 25.7. The van der Waals surface area contributed by atoms with Crippen LogP contribution in [0.1, 0.15) is 19.5 Å². The molecule has 1 fully saturated rings. The molecule has 18 heavy (non-hydrogen) atoms. The molecule has 1 aliphatic heterocycles. The van der Waals surface area contributed by atoms with Crippen LogP contribution in [0.4, 0.5) is 0 Å². The first kappa shape index (κ1) is 13.5. The minimum Gasteiger partial charge on any atom is -0.364 e. The average molecular weight is 273 g/mol. The molecule has 2 atom stereocenters. The predicted molar refractivity (Wildman–Crippen MR) is 67.3 cm³/mol. The first-order chi connectivity index (χ1) is 8.50. The van der Waals surface area contributed by atoms with Crippen LogP contribution >= 0.6 is 0 Å². The fourth-order valence-corrected chi connectivity index (χ4v) is 3.65. The van der Waals surface area contributed by atoms with Gasteiger partial charge in [-0.1, -0.05) is 19.0 Å². The van der Waals surface area contributed by atoms with E-state index in [0.717, 1.165) is 19.6 Å². The van der Waals surface area contributed by atoms with Gasteiger partial charge >= 0.3 is 0 Å². The van der Waals surface area contributed by atoms with Crippen molar-refractivity contribution >= 4 is 10.0 Å². The monoisotopic (exact) mass is 273 g/mol. The second-order valence-electron chi connectivity index (χ2n) is 4.80. The molecule has 1 N–H and O–H groups in total. The summed E-state index contributed by atoms with van der Waals surface area (Å²) < 4.78 is 31.4. The molecule has 2 rings (SSSR count). The van der Waals surface area contributed by atoms with Crippen molar-refractivity contribution in [1.82, 2.24) is 14.8 Å². The van der Waals surface area contributed by atoms with Crippen molar-refractivity contribution in [2.45, 2.75) is 25.6 Å². The van der Waals surface area contributed by atoms with Crippen LogP contribution in [0.5, 0.6) is 0 Å². The Morgan fingerprint density at radius 3 is 2.89 bits per heavy atom. The Morgan fingerprint density at radius 2 is 2.33 bits per heavy atom. The topological polar surface area (TPSA) is 75.4 Å². The smallest absolute Gasteiger partial charge is 0.217 e. The lowest BCUT2D eigenvalue weighted by Crippen LogP contribution is -2.40. The largest absolute Gasteiger partial charge is 0.364 e. The Balaban J connectivity index is 1.96. The van der Waals surface area contributed by atoms with Gasteiger partial charge in [0.05, 0.1) is 5.69 Å². The summed E-state index contributed by atoms with van der Waals surface area (Å²) in [7, 11) is -3.35. The van der Waals surface area contributed by atoms with Crippen molar-refractivity contribution in [1.29, 1.82) is 0 Å². The molecule has 1 aromatic rings. The van der Waals surface area contributed by atoms with Crippen LogP contribution in [0, 0.1) is 5.92 Å². The van der Waals surface area contributed by atoms with Crippen LogP contribution in [-0.4, -0.2) is 44.2 Å². The molecule has 0 aliphatic carbocycles. The third kappa shape index (κ3) is 3.30. The zero-order valence-corrected chi connectivity index (χ0v) is 11.5. The van der Waals surface area contributed by atoms with Crippen LogP contribution in [0.25, 0.3) is 0 Å². The quantitative estimate of drug-likeness (QED) is 0.842. The maximum Gasteiger partial charge on any atom is 0.217 e. The van der Waals surface area contributed by atoms with E-state index in [1.54, 1.807) is 6.07 Å². The van der Waals surface area contributed by atoms with Crippen molar-refractivity contribution in [3.8, 4) is 0 Å². The van der Waals surface area contributed by atoms with Gasteiger partial charge in [0.1, 0.15) is 12.0 Å². The molecule has 1 aliphatic rings. The second kappa shape index (κ2) is 5.38. The van der Waals surface area contributed by atoms with Gasteiger partial charge < -0.3 is 9.42 Å². The number of sulfonamides is 1. The molecule has 7 heteroatoms. The molecular weight excluding hydrogens is 254 g/mol. The summed E-state index contributed by atoms with van der Waals surface area (Å²) in [4.78, 5) is 2.24. The number of nitrogens with one attached hydrogen (secondary N) is 1. The SMILES string of the molecule is CCN1C[C@@H](C)[C@@H](NS(=O)(=O)Cc2ccon2)C1. The molecule has 102 valence electrons. The lowest BCUT2D eigenvalue weighted by Gasteiger charge is -2.16. The summed E-state index contributed by atoms with van der Waals surface area (Å²) in [6, 6.07) is 1.55.